The zero-order chi connectivity index (χ0) is 12.3. The lowest BCUT2D eigenvalue weighted by molar-refractivity contribution is 0.622. The van der Waals surface area contributed by atoms with Crippen LogP contribution < -0.4 is 5.73 Å². The fourth-order valence-corrected chi connectivity index (χ4v) is 1.83. The van der Waals surface area contributed by atoms with Gasteiger partial charge in [0.2, 0.25) is 0 Å². The number of hydrogen-bond donors (Lipinski definition) is 1. The maximum atomic E-state index is 13.0. The van der Waals surface area contributed by atoms with Crippen LogP contribution in [0.15, 0.2) is 42.6 Å². The third-order valence-electron chi connectivity index (χ3n) is 2.69. The minimum absolute atomic E-state index is 0.126. The van der Waals surface area contributed by atoms with Crippen molar-refractivity contribution in [3.05, 3.63) is 65.2 Å². The molecule has 0 saturated carbocycles. The molecule has 1 heterocycles. The van der Waals surface area contributed by atoms with Gasteiger partial charge in [-0.25, -0.2) is 4.39 Å². The van der Waals surface area contributed by atoms with Crippen LogP contribution in [-0.4, -0.2) is 4.98 Å². The highest BCUT2D eigenvalue weighted by atomic mass is 19.1. The summed E-state index contributed by atoms with van der Waals surface area (Å²) in [5.74, 6) is -0.222. The number of hydrogen-bond acceptors (Lipinski definition) is 2. The molecule has 2 N–H and O–H groups in total. The Kier molecular flexibility index (Phi) is 3.49. The molecule has 0 bridgehead atoms. The zero-order valence-corrected chi connectivity index (χ0v) is 9.73. The third kappa shape index (κ3) is 3.11. The summed E-state index contributed by atoms with van der Waals surface area (Å²) in [6.07, 6.45) is 2.37. The van der Waals surface area contributed by atoms with Crippen LogP contribution in [0.1, 0.15) is 22.9 Å². The van der Waals surface area contributed by atoms with Crippen molar-refractivity contribution < 1.29 is 4.39 Å². The number of halogens is 1. The number of benzene rings is 1. The van der Waals surface area contributed by atoms with Crippen LogP contribution in [0.2, 0.25) is 0 Å². The molecule has 0 saturated heterocycles. The van der Waals surface area contributed by atoms with Gasteiger partial charge >= 0.3 is 0 Å². The molecular formula is C14H15FN2. The number of pyridine rings is 1. The molecule has 2 nitrogen and oxygen atoms in total. The Morgan fingerprint density at radius 2 is 2.12 bits per heavy atom. The van der Waals surface area contributed by atoms with Crippen molar-refractivity contribution in [1.29, 1.82) is 0 Å². The van der Waals surface area contributed by atoms with Gasteiger partial charge in [0.05, 0.1) is 0 Å². The highest BCUT2D eigenvalue weighted by molar-refractivity contribution is 5.24. The molecule has 0 aliphatic carbocycles. The van der Waals surface area contributed by atoms with Crippen LogP contribution in [0, 0.1) is 12.7 Å². The zero-order valence-electron chi connectivity index (χ0n) is 9.73. The van der Waals surface area contributed by atoms with E-state index in [0.29, 0.717) is 6.42 Å². The first-order valence-electron chi connectivity index (χ1n) is 5.58. The van der Waals surface area contributed by atoms with Crippen LogP contribution in [-0.2, 0) is 6.42 Å². The molecule has 0 spiro atoms. The van der Waals surface area contributed by atoms with E-state index in [1.807, 2.05) is 25.1 Å². The van der Waals surface area contributed by atoms with E-state index in [4.69, 9.17) is 5.73 Å². The van der Waals surface area contributed by atoms with Crippen LogP contribution in [0.25, 0.3) is 0 Å². The number of nitrogens with two attached hydrogens (primary N) is 1. The highest BCUT2D eigenvalue weighted by Gasteiger charge is 2.07. The summed E-state index contributed by atoms with van der Waals surface area (Å²) in [5.41, 5.74) is 8.98. The number of nitrogens with zero attached hydrogens (tertiary/aromatic N) is 1. The summed E-state index contributed by atoms with van der Waals surface area (Å²) >= 11 is 0. The predicted molar refractivity (Wildman–Crippen MR) is 66.0 cm³/mol. The lowest BCUT2D eigenvalue weighted by Gasteiger charge is -2.12. The average Bonchev–Trinajstić information content (AvgIpc) is 2.29. The SMILES string of the molecule is Cc1cc(C(N)Cc2cccc(F)c2)ccn1. The molecule has 0 aliphatic heterocycles. The van der Waals surface area contributed by atoms with Crippen LogP contribution in [0.3, 0.4) is 0 Å². The summed E-state index contributed by atoms with van der Waals surface area (Å²) in [5, 5.41) is 0. The second-order valence-corrected chi connectivity index (χ2v) is 4.17. The van der Waals surface area contributed by atoms with Crippen LogP contribution in [0.5, 0.6) is 0 Å². The summed E-state index contributed by atoms with van der Waals surface area (Å²) in [6.45, 7) is 1.93. The summed E-state index contributed by atoms with van der Waals surface area (Å²) in [7, 11) is 0. The van der Waals surface area contributed by atoms with E-state index in [9.17, 15) is 4.39 Å². The van der Waals surface area contributed by atoms with Crippen molar-refractivity contribution in [2.75, 3.05) is 0 Å². The molecule has 1 aromatic heterocycles. The van der Waals surface area contributed by atoms with Gasteiger partial charge in [0.25, 0.3) is 0 Å². The minimum atomic E-state index is -0.222. The van der Waals surface area contributed by atoms with Crippen molar-refractivity contribution in [2.45, 2.75) is 19.4 Å². The topological polar surface area (TPSA) is 38.9 Å². The molecule has 0 fully saturated rings. The van der Waals surface area contributed by atoms with Crippen LogP contribution in [0.4, 0.5) is 4.39 Å². The van der Waals surface area contributed by atoms with E-state index in [2.05, 4.69) is 4.98 Å². The van der Waals surface area contributed by atoms with E-state index in [1.54, 1.807) is 12.3 Å². The quantitative estimate of drug-likeness (QED) is 0.880. The van der Waals surface area contributed by atoms with Gasteiger partial charge in [-0.2, -0.15) is 0 Å². The van der Waals surface area contributed by atoms with Gasteiger partial charge in [0.1, 0.15) is 5.82 Å². The van der Waals surface area contributed by atoms with E-state index in [1.165, 1.54) is 12.1 Å². The van der Waals surface area contributed by atoms with Gasteiger partial charge in [0.15, 0.2) is 0 Å². The monoisotopic (exact) mass is 230 g/mol. The molecule has 0 aliphatic rings. The third-order valence-corrected chi connectivity index (χ3v) is 2.69. The van der Waals surface area contributed by atoms with Gasteiger partial charge in [-0.15, -0.1) is 0 Å². The molecule has 1 unspecified atom stereocenters. The Hall–Kier alpha value is -1.74. The first-order chi connectivity index (χ1) is 8.15. The molecule has 1 atom stereocenters. The highest BCUT2D eigenvalue weighted by Crippen LogP contribution is 2.16. The molecule has 0 amide bonds. The summed E-state index contributed by atoms with van der Waals surface area (Å²) in [4.78, 5) is 4.13. The lowest BCUT2D eigenvalue weighted by atomic mass is 10.00. The van der Waals surface area contributed by atoms with E-state index in [0.717, 1.165) is 16.8 Å². The van der Waals surface area contributed by atoms with Gasteiger partial charge in [-0.05, 0) is 48.7 Å². The first kappa shape index (κ1) is 11.7. The van der Waals surface area contributed by atoms with E-state index < -0.39 is 0 Å². The Bertz CT molecular complexity index is 511. The van der Waals surface area contributed by atoms with Gasteiger partial charge < -0.3 is 5.73 Å². The molecule has 2 aromatic rings. The van der Waals surface area contributed by atoms with Gasteiger partial charge in [-0.1, -0.05) is 12.1 Å². The van der Waals surface area contributed by atoms with Crippen molar-refractivity contribution in [3.8, 4) is 0 Å². The Morgan fingerprint density at radius 1 is 1.29 bits per heavy atom. The largest absolute Gasteiger partial charge is 0.324 e. The fourth-order valence-electron chi connectivity index (χ4n) is 1.83. The van der Waals surface area contributed by atoms with Gasteiger partial charge in [0, 0.05) is 17.9 Å². The second-order valence-electron chi connectivity index (χ2n) is 4.17. The minimum Gasteiger partial charge on any atom is -0.324 e. The molecule has 88 valence electrons. The van der Waals surface area contributed by atoms with Crippen molar-refractivity contribution >= 4 is 0 Å². The normalized spacial score (nSPS) is 12.4. The van der Waals surface area contributed by atoms with Crippen molar-refractivity contribution in [1.82, 2.24) is 4.98 Å². The Labute approximate surface area is 100 Å². The van der Waals surface area contributed by atoms with Crippen molar-refractivity contribution in [3.63, 3.8) is 0 Å². The maximum absolute atomic E-state index is 13.0. The number of aromatic nitrogens is 1. The molecule has 17 heavy (non-hydrogen) atoms. The van der Waals surface area contributed by atoms with E-state index >= 15 is 0 Å². The molecule has 2 rings (SSSR count). The predicted octanol–water partition coefficient (Wildman–Crippen LogP) is 2.77. The molecule has 0 radical (unpaired) electrons. The lowest BCUT2D eigenvalue weighted by Crippen LogP contribution is -2.13. The molecular weight excluding hydrogens is 215 g/mol. The number of aryl methyl sites for hydroxylation is 1. The summed E-state index contributed by atoms with van der Waals surface area (Å²) in [6, 6.07) is 10.3. The van der Waals surface area contributed by atoms with E-state index in [-0.39, 0.29) is 11.9 Å². The van der Waals surface area contributed by atoms with Crippen molar-refractivity contribution in [2.24, 2.45) is 5.73 Å². The summed E-state index contributed by atoms with van der Waals surface area (Å²) < 4.78 is 13.0. The number of rotatable bonds is 3. The molecule has 3 heteroatoms. The fraction of sp³-hybridized carbons (Fsp3) is 0.214. The average molecular weight is 230 g/mol. The smallest absolute Gasteiger partial charge is 0.123 e. The standard InChI is InChI=1S/C14H15FN2/c1-10-7-12(5-6-17-10)14(16)9-11-3-2-4-13(15)8-11/h2-8,14H,9,16H2,1H3. The molecule has 1 aromatic carbocycles. The second kappa shape index (κ2) is 5.06. The Morgan fingerprint density at radius 3 is 2.82 bits per heavy atom. The van der Waals surface area contributed by atoms with Crippen LogP contribution >= 0.6 is 0 Å². The Balaban J connectivity index is 2.14. The maximum Gasteiger partial charge on any atom is 0.123 e. The first-order valence-corrected chi connectivity index (χ1v) is 5.58. The van der Waals surface area contributed by atoms with Gasteiger partial charge in [-0.3, -0.25) is 4.98 Å².